The fourth-order valence-electron chi connectivity index (χ4n) is 3.47. The Morgan fingerprint density at radius 2 is 2.04 bits per heavy atom. The third-order valence-corrected chi connectivity index (χ3v) is 5.62. The number of rotatable bonds is 3. The van der Waals surface area contributed by atoms with Gasteiger partial charge in [-0.15, -0.1) is 11.3 Å². The lowest BCUT2D eigenvalue weighted by Crippen LogP contribution is -2.47. The average molecular weight is 392 g/mol. The standard InChI is InChI=1S/C21H20N4O2S/c1-23-18-9-12-24(11-5-8-19-22-10-13-28-19)15-17(18)20(26)25(21(23)27)14-16-6-3-2-4-7-16/h2-4,6-7,10,13H,9,11-12,14-15H2,1H3. The lowest BCUT2D eigenvalue weighted by Gasteiger charge is -2.28. The van der Waals surface area contributed by atoms with Crippen molar-refractivity contribution < 1.29 is 0 Å². The first-order chi connectivity index (χ1) is 13.6. The van der Waals surface area contributed by atoms with E-state index in [1.54, 1.807) is 17.8 Å². The molecule has 7 heteroatoms. The molecule has 3 heterocycles. The molecule has 0 saturated carbocycles. The van der Waals surface area contributed by atoms with Gasteiger partial charge in [0.05, 0.1) is 18.7 Å². The minimum atomic E-state index is -0.260. The van der Waals surface area contributed by atoms with E-state index < -0.39 is 0 Å². The van der Waals surface area contributed by atoms with Crippen LogP contribution in [0.1, 0.15) is 21.8 Å². The fourth-order valence-corrected chi connectivity index (χ4v) is 3.97. The Labute approximate surface area is 166 Å². The number of thiazole rings is 1. The first-order valence-electron chi connectivity index (χ1n) is 9.09. The zero-order valence-electron chi connectivity index (χ0n) is 15.6. The Bertz CT molecular complexity index is 1150. The Morgan fingerprint density at radius 1 is 1.21 bits per heavy atom. The lowest BCUT2D eigenvalue weighted by molar-refractivity contribution is 0.275. The van der Waals surface area contributed by atoms with Gasteiger partial charge in [0.1, 0.15) is 0 Å². The van der Waals surface area contributed by atoms with Crippen molar-refractivity contribution in [3.8, 4) is 11.8 Å². The van der Waals surface area contributed by atoms with Gasteiger partial charge in [0.2, 0.25) is 0 Å². The van der Waals surface area contributed by atoms with Crippen LogP contribution in [0.15, 0.2) is 51.5 Å². The molecule has 0 amide bonds. The molecule has 0 atom stereocenters. The van der Waals surface area contributed by atoms with E-state index in [4.69, 9.17) is 0 Å². The number of benzene rings is 1. The van der Waals surface area contributed by atoms with E-state index in [9.17, 15) is 9.59 Å². The summed E-state index contributed by atoms with van der Waals surface area (Å²) < 4.78 is 2.96. The summed E-state index contributed by atoms with van der Waals surface area (Å²) in [5.41, 5.74) is 2.01. The molecule has 0 radical (unpaired) electrons. The maximum atomic E-state index is 13.1. The molecule has 2 aromatic heterocycles. The third-order valence-electron chi connectivity index (χ3n) is 4.93. The lowest BCUT2D eigenvalue weighted by atomic mass is 10.1. The molecule has 0 unspecified atom stereocenters. The molecule has 0 bridgehead atoms. The van der Waals surface area contributed by atoms with Gasteiger partial charge in [-0.25, -0.2) is 9.78 Å². The first kappa shape index (κ1) is 18.4. The van der Waals surface area contributed by atoms with Gasteiger partial charge in [0, 0.05) is 43.8 Å². The number of aromatic nitrogens is 3. The van der Waals surface area contributed by atoms with Crippen LogP contribution < -0.4 is 11.2 Å². The third kappa shape index (κ3) is 3.70. The van der Waals surface area contributed by atoms with E-state index in [0.29, 0.717) is 25.1 Å². The van der Waals surface area contributed by atoms with Crippen LogP contribution in [0.5, 0.6) is 0 Å². The molecule has 0 aliphatic carbocycles. The zero-order chi connectivity index (χ0) is 19.5. The minimum absolute atomic E-state index is 0.195. The maximum Gasteiger partial charge on any atom is 0.331 e. The largest absolute Gasteiger partial charge is 0.331 e. The molecule has 1 aliphatic rings. The van der Waals surface area contributed by atoms with Gasteiger partial charge in [-0.2, -0.15) is 0 Å². The molecule has 4 rings (SSSR count). The number of fused-ring (bicyclic) bond motifs is 1. The van der Waals surface area contributed by atoms with Gasteiger partial charge in [-0.1, -0.05) is 36.3 Å². The van der Waals surface area contributed by atoms with Crippen LogP contribution in [0, 0.1) is 11.8 Å². The van der Waals surface area contributed by atoms with Gasteiger partial charge in [0.15, 0.2) is 5.01 Å². The van der Waals surface area contributed by atoms with Crippen molar-refractivity contribution in [2.24, 2.45) is 7.05 Å². The maximum absolute atomic E-state index is 13.1. The van der Waals surface area contributed by atoms with Crippen LogP contribution in [0.3, 0.4) is 0 Å². The number of nitrogens with zero attached hydrogens (tertiary/aromatic N) is 4. The minimum Gasteiger partial charge on any atom is -0.300 e. The summed E-state index contributed by atoms with van der Waals surface area (Å²) in [7, 11) is 1.75. The van der Waals surface area contributed by atoms with Crippen molar-refractivity contribution in [2.45, 2.75) is 19.5 Å². The van der Waals surface area contributed by atoms with Crippen LogP contribution in [-0.4, -0.2) is 32.1 Å². The van der Waals surface area contributed by atoms with Gasteiger partial charge in [0.25, 0.3) is 5.56 Å². The van der Waals surface area contributed by atoms with Crippen LogP contribution >= 0.6 is 11.3 Å². The molecule has 142 valence electrons. The molecule has 3 aromatic rings. The van der Waals surface area contributed by atoms with Crippen molar-refractivity contribution in [3.05, 3.63) is 84.6 Å². The SMILES string of the molecule is Cn1c2c(c(=O)n(Cc3ccccc3)c1=O)CN(CC#Cc1nccs1)CC2. The fraction of sp³-hybridized carbons (Fsp3) is 0.286. The molecular formula is C21H20N4O2S. The predicted molar refractivity (Wildman–Crippen MR) is 109 cm³/mol. The van der Waals surface area contributed by atoms with E-state index in [1.165, 1.54) is 15.9 Å². The summed E-state index contributed by atoms with van der Waals surface area (Å²) in [5.74, 6) is 6.19. The van der Waals surface area contributed by atoms with Crippen molar-refractivity contribution in [1.29, 1.82) is 0 Å². The molecule has 0 fully saturated rings. The van der Waals surface area contributed by atoms with Crippen LogP contribution in [-0.2, 0) is 26.6 Å². The normalized spacial score (nSPS) is 13.6. The highest BCUT2D eigenvalue weighted by Gasteiger charge is 2.23. The highest BCUT2D eigenvalue weighted by atomic mass is 32.1. The second-order valence-electron chi connectivity index (χ2n) is 6.74. The van der Waals surface area contributed by atoms with Gasteiger partial charge in [-0.05, 0) is 11.5 Å². The Hall–Kier alpha value is -2.95. The topological polar surface area (TPSA) is 60.1 Å². The van der Waals surface area contributed by atoms with Crippen molar-refractivity contribution in [3.63, 3.8) is 0 Å². The smallest absolute Gasteiger partial charge is 0.300 e. The summed E-state index contributed by atoms with van der Waals surface area (Å²) in [4.78, 5) is 32.1. The van der Waals surface area contributed by atoms with Gasteiger partial charge >= 0.3 is 5.69 Å². The molecule has 6 nitrogen and oxygen atoms in total. The van der Waals surface area contributed by atoms with Crippen LogP contribution in [0.25, 0.3) is 0 Å². The van der Waals surface area contributed by atoms with Gasteiger partial charge in [-0.3, -0.25) is 14.3 Å². The summed E-state index contributed by atoms with van der Waals surface area (Å²) in [6, 6.07) is 9.58. The monoisotopic (exact) mass is 392 g/mol. The van der Waals surface area contributed by atoms with Crippen LogP contribution in [0.4, 0.5) is 0 Å². The summed E-state index contributed by atoms with van der Waals surface area (Å²) in [6.07, 6.45) is 2.41. The molecule has 0 saturated heterocycles. The average Bonchev–Trinajstić information content (AvgIpc) is 3.24. The van der Waals surface area contributed by atoms with E-state index in [2.05, 4.69) is 21.7 Å². The predicted octanol–water partition coefficient (Wildman–Crippen LogP) is 1.46. The Balaban J connectivity index is 1.61. The molecule has 1 aliphatic heterocycles. The zero-order valence-corrected chi connectivity index (χ0v) is 16.4. The Morgan fingerprint density at radius 3 is 2.79 bits per heavy atom. The molecule has 28 heavy (non-hydrogen) atoms. The second-order valence-corrected chi connectivity index (χ2v) is 7.64. The van der Waals surface area contributed by atoms with E-state index in [1.807, 2.05) is 35.7 Å². The molecular weight excluding hydrogens is 372 g/mol. The van der Waals surface area contributed by atoms with E-state index in [-0.39, 0.29) is 17.8 Å². The quantitative estimate of drug-likeness (QED) is 0.634. The number of hydrogen-bond donors (Lipinski definition) is 0. The van der Waals surface area contributed by atoms with Gasteiger partial charge < -0.3 is 4.57 Å². The van der Waals surface area contributed by atoms with Crippen molar-refractivity contribution in [2.75, 3.05) is 13.1 Å². The summed E-state index contributed by atoms with van der Waals surface area (Å²) >= 11 is 1.51. The molecule has 0 spiro atoms. The molecule has 1 aromatic carbocycles. The first-order valence-corrected chi connectivity index (χ1v) is 9.97. The van der Waals surface area contributed by atoms with Crippen LogP contribution in [0.2, 0.25) is 0 Å². The van der Waals surface area contributed by atoms with Crippen molar-refractivity contribution in [1.82, 2.24) is 19.0 Å². The summed E-state index contributed by atoms with van der Waals surface area (Å²) in [6.45, 7) is 2.13. The highest BCUT2D eigenvalue weighted by Crippen LogP contribution is 2.14. The number of hydrogen-bond acceptors (Lipinski definition) is 5. The Kier molecular flexibility index (Phi) is 5.24. The van der Waals surface area contributed by atoms with Crippen molar-refractivity contribution >= 4 is 11.3 Å². The molecule has 0 N–H and O–H groups in total. The van der Waals surface area contributed by atoms with E-state index in [0.717, 1.165) is 22.8 Å². The summed E-state index contributed by atoms with van der Waals surface area (Å²) in [5, 5.41) is 2.70. The van der Waals surface area contributed by atoms with E-state index >= 15 is 0 Å². The second kappa shape index (κ2) is 7.97. The highest BCUT2D eigenvalue weighted by molar-refractivity contribution is 7.10.